The molecule has 0 aliphatic carbocycles. The van der Waals surface area contributed by atoms with E-state index in [1.54, 1.807) is 20.0 Å². The van der Waals surface area contributed by atoms with Gasteiger partial charge in [0.2, 0.25) is 0 Å². The first-order valence-electron chi connectivity index (χ1n) is 39.4. The molecule has 0 rings (SSSR count). The topological polar surface area (TPSA) is 261 Å². The van der Waals surface area contributed by atoms with E-state index in [1.807, 2.05) is 144 Å². The van der Waals surface area contributed by atoms with Crippen LogP contribution in [0.4, 0.5) is 0 Å². The average Bonchev–Trinajstić information content (AvgIpc) is 0.805. The Kier molecular flexibility index (Phi) is 45.2. The molecular formula is C61H168O25Si23. The quantitative estimate of drug-likeness (QED) is 0.0248. The monoisotopic (exact) mass is 1940 g/mol. The van der Waals surface area contributed by atoms with Crippen molar-refractivity contribution in [1.29, 1.82) is 0 Å². The molecule has 0 aromatic rings. The van der Waals surface area contributed by atoms with Crippen LogP contribution in [-0.2, 0) is 95.9 Å². The highest BCUT2D eigenvalue weighted by atomic mass is 28.6. The summed E-state index contributed by atoms with van der Waals surface area (Å²) >= 11 is 0. The van der Waals surface area contributed by atoms with Crippen LogP contribution in [0.5, 0.6) is 0 Å². The van der Waals surface area contributed by atoms with Crippen LogP contribution in [0.2, 0.25) is 307 Å². The van der Waals surface area contributed by atoms with Crippen LogP contribution in [0.25, 0.3) is 0 Å². The normalized spacial score (nSPS) is 15.2. The largest absolute Gasteiger partial charge is 0.462 e. The average molecular weight is 1950 g/mol. The lowest BCUT2D eigenvalue weighted by Crippen LogP contribution is -2.63. The van der Waals surface area contributed by atoms with E-state index in [0.29, 0.717) is 12.2 Å². The smallest absolute Gasteiger partial charge is 0.333 e. The van der Waals surface area contributed by atoms with Crippen LogP contribution in [0.15, 0.2) is 12.2 Å². The Morgan fingerprint density at radius 3 is 0.541 bits per heavy atom. The van der Waals surface area contributed by atoms with Gasteiger partial charge in [-0.1, -0.05) is 57.9 Å². The van der Waals surface area contributed by atoms with Gasteiger partial charge in [0.25, 0.3) is 0 Å². The van der Waals surface area contributed by atoms with E-state index in [2.05, 4.69) is 151 Å². The van der Waals surface area contributed by atoms with Crippen LogP contribution in [-0.4, -0.2) is 219 Å². The Bertz CT molecular complexity index is 2740. The Labute approximate surface area is 693 Å². The number of rotatable bonds is 55. The predicted molar refractivity (Wildman–Crippen MR) is 503 cm³/mol. The number of esters is 1. The molecule has 0 radical (unpaired) electrons. The van der Waals surface area contributed by atoms with Crippen LogP contribution in [0.1, 0.15) is 64.7 Å². The molecule has 25 nitrogen and oxygen atoms in total. The highest BCUT2D eigenvalue weighted by Gasteiger charge is 2.55. The number of unbranched alkanes of at least 4 members (excludes halogenated alkanes) is 8. The summed E-state index contributed by atoms with van der Waals surface area (Å²) in [5.41, 5.74) is 0.474. The summed E-state index contributed by atoms with van der Waals surface area (Å²) in [5.74, 6) is -0.274. The molecule has 654 valence electrons. The fraction of sp³-hybridized carbons (Fsp3) is 0.951. The van der Waals surface area contributed by atoms with Crippen molar-refractivity contribution in [2.24, 2.45) is 0 Å². The first-order chi connectivity index (χ1) is 47.4. The highest BCUT2D eigenvalue weighted by molar-refractivity contribution is 6.96. The van der Waals surface area contributed by atoms with Gasteiger partial charge in [-0.25, -0.2) is 4.79 Å². The summed E-state index contributed by atoms with van der Waals surface area (Å²) in [6, 6.07) is 1.04. The third-order valence-corrected chi connectivity index (χ3v) is 98.3. The van der Waals surface area contributed by atoms with Crippen molar-refractivity contribution in [3.63, 3.8) is 0 Å². The second-order valence-corrected chi connectivity index (χ2v) is 122. The van der Waals surface area contributed by atoms with Gasteiger partial charge in [-0.05, 0) is 321 Å². The minimum absolute atomic E-state index is 0.274. The van der Waals surface area contributed by atoms with E-state index in [1.165, 1.54) is 44.9 Å². The van der Waals surface area contributed by atoms with Gasteiger partial charge in [-0.3, -0.25) is 0 Å². The van der Waals surface area contributed by atoms with Crippen LogP contribution in [0, 0.1) is 0 Å². The summed E-state index contributed by atoms with van der Waals surface area (Å²) < 4.78 is 148. The lowest BCUT2D eigenvalue weighted by atomic mass is 10.1. The number of carbonyl (C=O) groups excluding carboxylic acids is 1. The molecular weight excluding hydrogens is 1780 g/mol. The summed E-state index contributed by atoms with van der Waals surface area (Å²) in [6.07, 6.45) is 10.9. The number of hydrogen-bond acceptors (Lipinski definition) is 25. The summed E-state index contributed by atoms with van der Waals surface area (Å²) in [6.45, 7) is 99.4. The molecule has 0 aliphatic rings. The Balaban J connectivity index is 0. The third kappa shape index (κ3) is 60.4. The molecule has 109 heavy (non-hydrogen) atoms. The fourth-order valence-electron chi connectivity index (χ4n) is 15.0. The number of carbonyl (C=O) groups is 1. The van der Waals surface area contributed by atoms with Gasteiger partial charge in [-0.15, -0.1) is 0 Å². The molecule has 0 aromatic carbocycles. The maximum atomic E-state index is 11.1. The van der Waals surface area contributed by atoms with Crippen LogP contribution >= 0.6 is 0 Å². The zero-order chi connectivity index (χ0) is 87.1. The van der Waals surface area contributed by atoms with Crippen molar-refractivity contribution in [1.82, 2.24) is 0 Å². The zero-order valence-electron chi connectivity index (χ0n) is 78.3. The van der Waals surface area contributed by atoms with Gasteiger partial charge in [-0.2, -0.15) is 0 Å². The minimum atomic E-state index is -2.88. The summed E-state index contributed by atoms with van der Waals surface area (Å²) in [4.78, 5) is 31.3. The molecule has 0 saturated carbocycles. The molecule has 0 fully saturated rings. The van der Waals surface area contributed by atoms with E-state index >= 15 is 0 Å². The molecule has 0 spiro atoms. The maximum Gasteiger partial charge on any atom is 0.333 e. The molecule has 48 heteroatoms. The predicted octanol–water partition coefficient (Wildman–Crippen LogP) is 19.9. The SMILES string of the molecule is C=C(C)C(=O)OCCCCCCCCCCC[Si](C)(C)O.C[SiH](C)O[Si](C)(C)O[Si](C)(C)O[Si](C)(C)O[Si](C)(C)O[Si](C)(C)O[Si](C)(C)O[Si](C)(C)O[Si](C)(C)O[Si](C)(C)O[Si](C)(C)O[Si](C)(C)O[Si](C)(C)O[Si](C)(C)O[Si](C)(C)O[Si](C)(C)O[Si](C)(C)O[Si](C)(C)O[Si](C)(C)O[Si](C)(C)O[Si](C)(C)O[Si](C)(C)O. The highest BCUT2D eigenvalue weighted by Crippen LogP contribution is 2.36. The molecule has 0 saturated heterocycles. The molecule has 0 amide bonds. The van der Waals surface area contributed by atoms with Crippen molar-refractivity contribution in [3.05, 3.63) is 12.2 Å². The van der Waals surface area contributed by atoms with Crippen molar-refractivity contribution < 1.29 is 106 Å². The van der Waals surface area contributed by atoms with E-state index < -0.39 is 197 Å². The standard InChI is InChI=1S/C44H134O22Si22.C17H34O3Si/c1-67(2)46-69(5,6)48-71(9,10)50-73(13,14)52-75(17,18)54-77(21,22)56-79(25,26)58-81(29,30)60-83(33,34)62-85(37,38)64-87(41,42)66-88(43,44)65-86(39,40)63-84(35,36)61-82(31,32)59-80(27,28)57-78(23,24)55-76(19,20)53-74(15,16)51-72(11,12)49-70(7,8)47-68(3,4)45;1-16(2)17(18)20-14-12-10-8-6-5-7-9-11-13-15-21(3,4)19/h45,67H,1-44H3;19H,1,5-15H2,2-4H3. The second-order valence-electron chi connectivity index (χ2n) is 39.3. The lowest BCUT2D eigenvalue weighted by molar-refractivity contribution is -0.139. The van der Waals surface area contributed by atoms with E-state index in [4.69, 9.17) is 91.2 Å². The minimum Gasteiger partial charge on any atom is -0.462 e. The number of ether oxygens (including phenoxy) is 1. The fourth-order valence-corrected chi connectivity index (χ4v) is 126. The molecule has 0 unspecified atom stereocenters. The van der Waals surface area contributed by atoms with Crippen LogP contribution in [0.3, 0.4) is 0 Å². The van der Waals surface area contributed by atoms with E-state index in [-0.39, 0.29) is 5.97 Å². The van der Waals surface area contributed by atoms with Gasteiger partial charge in [0.15, 0.2) is 17.4 Å². The molecule has 0 aromatic heterocycles. The zero-order valence-corrected chi connectivity index (χ0v) is 102. The molecule has 0 aliphatic heterocycles. The van der Waals surface area contributed by atoms with Gasteiger partial charge in [0.05, 0.1) is 6.61 Å². The van der Waals surface area contributed by atoms with Crippen molar-refractivity contribution in [2.45, 2.75) is 372 Å². The molecule has 0 atom stereocenters. The Morgan fingerprint density at radius 2 is 0.394 bits per heavy atom. The van der Waals surface area contributed by atoms with Crippen molar-refractivity contribution in [2.75, 3.05) is 6.61 Å². The third-order valence-electron chi connectivity index (χ3n) is 13.9. The van der Waals surface area contributed by atoms with Gasteiger partial charge >= 0.3 is 186 Å². The van der Waals surface area contributed by atoms with Crippen molar-refractivity contribution >= 4 is 203 Å². The summed E-state index contributed by atoms with van der Waals surface area (Å²) in [7, 11) is -61.6. The second kappa shape index (κ2) is 43.1. The number of hydrogen-bond donors (Lipinski definition) is 2. The van der Waals surface area contributed by atoms with E-state index in [0.717, 1.165) is 18.9 Å². The Morgan fingerprint density at radius 1 is 0.248 bits per heavy atom. The van der Waals surface area contributed by atoms with E-state index in [9.17, 15) is 14.4 Å². The molecule has 2 N–H and O–H groups in total. The first-order valence-corrected chi connectivity index (χ1v) is 104. The van der Waals surface area contributed by atoms with Gasteiger partial charge in [0, 0.05) is 5.57 Å². The summed E-state index contributed by atoms with van der Waals surface area (Å²) in [5, 5.41) is 0. The molecule has 0 heterocycles. The van der Waals surface area contributed by atoms with Gasteiger partial charge in [0.1, 0.15) is 0 Å². The Hall–Kier alpha value is 3.28. The maximum absolute atomic E-state index is 11.1. The first kappa shape index (κ1) is 114. The van der Waals surface area contributed by atoms with Crippen LogP contribution < -0.4 is 0 Å². The lowest BCUT2D eigenvalue weighted by Gasteiger charge is -2.45. The van der Waals surface area contributed by atoms with Gasteiger partial charge < -0.3 is 101 Å². The van der Waals surface area contributed by atoms with Crippen molar-refractivity contribution in [3.8, 4) is 0 Å². The molecule has 0 bridgehead atoms.